The Morgan fingerprint density at radius 3 is 1.92 bits per heavy atom. The standard InChI is InChI=1S/C16H13Cl3N2O4/c1-24-13-7-12(14(25-2)6-11(13)19)21-16(23)15(22)20-10-4-8(17)3-9(18)5-10/h3-7H,1-2H3,(H,20,22)(H,21,23). The number of hydrogen-bond acceptors (Lipinski definition) is 4. The number of benzene rings is 2. The summed E-state index contributed by atoms with van der Waals surface area (Å²) in [7, 11) is 2.83. The number of amides is 2. The molecule has 2 aromatic rings. The second kappa shape index (κ2) is 8.29. The van der Waals surface area contributed by atoms with E-state index in [1.165, 1.54) is 44.6 Å². The fourth-order valence-corrected chi connectivity index (χ4v) is 2.71. The van der Waals surface area contributed by atoms with Crippen LogP contribution in [0.15, 0.2) is 30.3 Å². The largest absolute Gasteiger partial charge is 0.495 e. The minimum atomic E-state index is -0.918. The number of methoxy groups -OCH3 is 2. The van der Waals surface area contributed by atoms with Gasteiger partial charge in [-0.15, -0.1) is 0 Å². The van der Waals surface area contributed by atoms with Crippen LogP contribution >= 0.6 is 34.8 Å². The molecule has 0 bridgehead atoms. The Labute approximate surface area is 159 Å². The van der Waals surface area contributed by atoms with Crippen molar-refractivity contribution in [1.29, 1.82) is 0 Å². The molecule has 0 radical (unpaired) electrons. The third-order valence-electron chi connectivity index (χ3n) is 3.05. The molecular weight excluding hydrogens is 391 g/mol. The lowest BCUT2D eigenvalue weighted by Crippen LogP contribution is -2.29. The van der Waals surface area contributed by atoms with E-state index < -0.39 is 11.8 Å². The Balaban J connectivity index is 2.17. The second-order valence-corrected chi connectivity index (χ2v) is 6.03. The van der Waals surface area contributed by atoms with Crippen LogP contribution in [-0.2, 0) is 9.59 Å². The van der Waals surface area contributed by atoms with Crippen LogP contribution in [0.3, 0.4) is 0 Å². The minimum absolute atomic E-state index is 0.230. The first-order valence-electron chi connectivity index (χ1n) is 6.84. The quantitative estimate of drug-likeness (QED) is 0.749. The van der Waals surface area contributed by atoms with Gasteiger partial charge in [0.2, 0.25) is 0 Å². The average Bonchev–Trinajstić information content (AvgIpc) is 2.54. The number of ether oxygens (including phenoxy) is 2. The predicted molar refractivity (Wildman–Crippen MR) is 98.3 cm³/mol. The second-order valence-electron chi connectivity index (χ2n) is 4.75. The zero-order chi connectivity index (χ0) is 18.6. The van der Waals surface area contributed by atoms with E-state index in [0.717, 1.165) is 0 Å². The van der Waals surface area contributed by atoms with Gasteiger partial charge >= 0.3 is 11.8 Å². The third-order valence-corrected chi connectivity index (χ3v) is 3.78. The lowest BCUT2D eigenvalue weighted by atomic mass is 10.2. The zero-order valence-electron chi connectivity index (χ0n) is 13.2. The maximum atomic E-state index is 12.1. The first kappa shape index (κ1) is 19.2. The van der Waals surface area contributed by atoms with Crippen LogP contribution in [0, 0.1) is 0 Å². The first-order valence-corrected chi connectivity index (χ1v) is 7.97. The van der Waals surface area contributed by atoms with Crippen molar-refractivity contribution in [3.8, 4) is 11.5 Å². The molecule has 2 amide bonds. The molecule has 2 aromatic carbocycles. The van der Waals surface area contributed by atoms with E-state index in [0.29, 0.717) is 26.5 Å². The number of carbonyl (C=O) groups excluding carboxylic acids is 2. The number of anilines is 2. The van der Waals surface area contributed by atoms with Crippen molar-refractivity contribution in [3.05, 3.63) is 45.4 Å². The summed E-state index contributed by atoms with van der Waals surface area (Å²) in [5, 5.41) is 5.79. The summed E-state index contributed by atoms with van der Waals surface area (Å²) in [5.74, 6) is -1.23. The average molecular weight is 404 g/mol. The molecule has 0 saturated heterocycles. The molecule has 0 saturated carbocycles. The number of carbonyl (C=O) groups is 2. The summed E-state index contributed by atoms with van der Waals surface area (Å²) >= 11 is 17.7. The lowest BCUT2D eigenvalue weighted by molar-refractivity contribution is -0.133. The minimum Gasteiger partial charge on any atom is -0.495 e. The summed E-state index contributed by atoms with van der Waals surface area (Å²) in [5.41, 5.74) is 0.520. The smallest absolute Gasteiger partial charge is 0.314 e. The van der Waals surface area contributed by atoms with Gasteiger partial charge in [-0.25, -0.2) is 0 Å². The normalized spacial score (nSPS) is 10.1. The molecule has 0 aliphatic heterocycles. The number of halogens is 3. The molecule has 0 aliphatic carbocycles. The highest BCUT2D eigenvalue weighted by Crippen LogP contribution is 2.35. The molecule has 0 aliphatic rings. The van der Waals surface area contributed by atoms with E-state index in [1.54, 1.807) is 0 Å². The van der Waals surface area contributed by atoms with E-state index in [9.17, 15) is 9.59 Å². The molecule has 0 fully saturated rings. The monoisotopic (exact) mass is 402 g/mol. The van der Waals surface area contributed by atoms with Gasteiger partial charge in [0.1, 0.15) is 11.5 Å². The van der Waals surface area contributed by atoms with Crippen LogP contribution in [0.5, 0.6) is 11.5 Å². The molecule has 0 unspecified atom stereocenters. The molecule has 0 atom stereocenters. The van der Waals surface area contributed by atoms with Crippen LogP contribution < -0.4 is 20.1 Å². The number of nitrogens with one attached hydrogen (secondary N) is 2. The lowest BCUT2D eigenvalue weighted by Gasteiger charge is -2.13. The highest BCUT2D eigenvalue weighted by molar-refractivity contribution is 6.44. The topological polar surface area (TPSA) is 76.7 Å². The van der Waals surface area contributed by atoms with Crippen LogP contribution in [-0.4, -0.2) is 26.0 Å². The molecule has 132 valence electrons. The Bertz CT molecular complexity index is 807. The molecule has 6 nitrogen and oxygen atoms in total. The van der Waals surface area contributed by atoms with Crippen LogP contribution in [0.25, 0.3) is 0 Å². The molecule has 25 heavy (non-hydrogen) atoms. The van der Waals surface area contributed by atoms with Crippen molar-refractivity contribution in [3.63, 3.8) is 0 Å². The summed E-state index contributed by atoms with van der Waals surface area (Å²) in [4.78, 5) is 24.2. The van der Waals surface area contributed by atoms with Crippen molar-refractivity contribution >= 4 is 58.0 Å². The van der Waals surface area contributed by atoms with E-state index in [4.69, 9.17) is 44.3 Å². The highest BCUT2D eigenvalue weighted by atomic mass is 35.5. The van der Waals surface area contributed by atoms with Gasteiger partial charge in [-0.1, -0.05) is 34.8 Å². The van der Waals surface area contributed by atoms with Gasteiger partial charge < -0.3 is 20.1 Å². The molecular formula is C16H13Cl3N2O4. The van der Waals surface area contributed by atoms with Gasteiger partial charge in [0.25, 0.3) is 0 Å². The van der Waals surface area contributed by atoms with E-state index in [1.807, 2.05) is 0 Å². The molecule has 0 spiro atoms. The fraction of sp³-hybridized carbons (Fsp3) is 0.125. The summed E-state index contributed by atoms with van der Waals surface area (Å²) in [6, 6.07) is 7.34. The number of hydrogen-bond donors (Lipinski definition) is 2. The summed E-state index contributed by atoms with van der Waals surface area (Å²) in [6.45, 7) is 0. The maximum absolute atomic E-state index is 12.1. The van der Waals surface area contributed by atoms with Gasteiger partial charge in [0, 0.05) is 27.9 Å². The van der Waals surface area contributed by atoms with Crippen molar-refractivity contribution in [1.82, 2.24) is 0 Å². The van der Waals surface area contributed by atoms with Gasteiger partial charge in [0.05, 0.1) is 24.9 Å². The van der Waals surface area contributed by atoms with Crippen LogP contribution in [0.2, 0.25) is 15.1 Å². The van der Waals surface area contributed by atoms with Crippen molar-refractivity contribution in [2.45, 2.75) is 0 Å². The molecule has 2 N–H and O–H groups in total. The van der Waals surface area contributed by atoms with Crippen LogP contribution in [0.4, 0.5) is 11.4 Å². The molecule has 0 aromatic heterocycles. The SMILES string of the molecule is COc1cc(NC(=O)C(=O)Nc2cc(Cl)cc(Cl)c2)c(OC)cc1Cl. The van der Waals surface area contributed by atoms with Crippen molar-refractivity contribution in [2.75, 3.05) is 24.9 Å². The molecule has 2 rings (SSSR count). The van der Waals surface area contributed by atoms with Gasteiger partial charge in [-0.3, -0.25) is 9.59 Å². The number of rotatable bonds is 4. The van der Waals surface area contributed by atoms with Gasteiger partial charge in [-0.05, 0) is 18.2 Å². The molecule has 9 heteroatoms. The Morgan fingerprint density at radius 1 is 0.800 bits per heavy atom. The van der Waals surface area contributed by atoms with E-state index in [2.05, 4.69) is 10.6 Å². The first-order chi connectivity index (χ1) is 11.8. The Kier molecular flexibility index (Phi) is 6.36. The van der Waals surface area contributed by atoms with Gasteiger partial charge in [-0.2, -0.15) is 0 Å². The predicted octanol–water partition coefficient (Wildman–Crippen LogP) is 4.24. The van der Waals surface area contributed by atoms with Crippen molar-refractivity contribution < 1.29 is 19.1 Å². The van der Waals surface area contributed by atoms with Crippen LogP contribution in [0.1, 0.15) is 0 Å². The summed E-state index contributed by atoms with van der Waals surface area (Å²) < 4.78 is 10.2. The Morgan fingerprint density at radius 2 is 1.36 bits per heavy atom. The van der Waals surface area contributed by atoms with E-state index >= 15 is 0 Å². The van der Waals surface area contributed by atoms with Crippen molar-refractivity contribution in [2.24, 2.45) is 0 Å². The Hall–Kier alpha value is -2.15. The highest BCUT2D eigenvalue weighted by Gasteiger charge is 2.18. The van der Waals surface area contributed by atoms with Gasteiger partial charge in [0.15, 0.2) is 0 Å². The van der Waals surface area contributed by atoms with E-state index in [-0.39, 0.29) is 11.4 Å². The third kappa shape index (κ3) is 4.92. The maximum Gasteiger partial charge on any atom is 0.314 e. The molecule has 0 heterocycles. The summed E-state index contributed by atoms with van der Waals surface area (Å²) in [6.07, 6.45) is 0. The zero-order valence-corrected chi connectivity index (χ0v) is 15.4. The fourth-order valence-electron chi connectivity index (χ4n) is 1.95.